The van der Waals surface area contributed by atoms with Crippen LogP contribution in [0.25, 0.3) is 0 Å². The Morgan fingerprint density at radius 1 is 1.05 bits per heavy atom. The zero-order valence-electron chi connectivity index (χ0n) is 19.7. The Labute approximate surface area is 210 Å². The number of fused-ring (bicyclic) bond motifs is 1. The molecular weight excluding hydrogens is 496 g/mol. The Morgan fingerprint density at radius 3 is 2.41 bits per heavy atom. The molecule has 0 amide bonds. The molecule has 2 aliphatic heterocycles. The van der Waals surface area contributed by atoms with Gasteiger partial charge in [0.2, 0.25) is 6.29 Å². The molecule has 202 valence electrons. The molecule has 1 aliphatic carbocycles. The first-order valence-corrected chi connectivity index (χ1v) is 11.4. The lowest BCUT2D eigenvalue weighted by Gasteiger charge is -2.44. The Balaban J connectivity index is 1.56. The summed E-state index contributed by atoms with van der Waals surface area (Å²) in [7, 11) is 1.13. The number of ether oxygens (including phenoxy) is 5. The van der Waals surface area contributed by atoms with Crippen molar-refractivity contribution < 1.29 is 63.9 Å². The van der Waals surface area contributed by atoms with Crippen LogP contribution in [-0.4, -0.2) is 105 Å². The predicted octanol–water partition coefficient (Wildman–Crippen LogP) is -1.54. The highest BCUT2D eigenvalue weighted by Crippen LogP contribution is 2.47. The second kappa shape index (κ2) is 10.8. The average molecular weight is 524 g/mol. The topological polar surface area (TPSA) is 202 Å². The maximum absolute atomic E-state index is 12.5. The molecule has 0 radical (unpaired) electrons. The van der Waals surface area contributed by atoms with Gasteiger partial charge < -0.3 is 54.3 Å². The van der Waals surface area contributed by atoms with Crippen LogP contribution in [0.1, 0.15) is 16.8 Å². The largest absolute Gasteiger partial charge is 0.508 e. The molecule has 0 unspecified atom stereocenters. The third kappa shape index (κ3) is 5.07. The van der Waals surface area contributed by atoms with E-state index in [1.54, 1.807) is 6.08 Å². The highest BCUT2D eigenvalue weighted by Gasteiger charge is 2.57. The van der Waals surface area contributed by atoms with Gasteiger partial charge in [-0.25, -0.2) is 9.59 Å². The van der Waals surface area contributed by atoms with E-state index in [0.717, 1.165) is 13.4 Å². The van der Waals surface area contributed by atoms with Crippen LogP contribution in [0.15, 0.2) is 47.7 Å². The van der Waals surface area contributed by atoms with Crippen molar-refractivity contribution in [3.63, 3.8) is 0 Å². The van der Waals surface area contributed by atoms with E-state index in [2.05, 4.69) is 0 Å². The van der Waals surface area contributed by atoms with E-state index in [-0.39, 0.29) is 29.9 Å². The number of esters is 2. The van der Waals surface area contributed by atoms with Crippen molar-refractivity contribution in [3.05, 3.63) is 53.3 Å². The maximum atomic E-state index is 12.5. The molecule has 4 rings (SSSR count). The van der Waals surface area contributed by atoms with Gasteiger partial charge in [0.25, 0.3) is 0 Å². The van der Waals surface area contributed by atoms with E-state index in [1.807, 2.05) is 0 Å². The molecule has 0 bridgehead atoms. The molecule has 6 N–H and O–H groups in total. The van der Waals surface area contributed by atoms with Gasteiger partial charge in [0.05, 0.1) is 31.5 Å². The van der Waals surface area contributed by atoms with Crippen molar-refractivity contribution >= 4 is 11.9 Å². The summed E-state index contributed by atoms with van der Waals surface area (Å²) >= 11 is 0. The second-order valence-corrected chi connectivity index (χ2v) is 8.87. The van der Waals surface area contributed by atoms with Crippen molar-refractivity contribution in [1.82, 2.24) is 0 Å². The lowest BCUT2D eigenvalue weighted by molar-refractivity contribution is -0.343. The molecule has 0 aromatic heterocycles. The lowest BCUT2D eigenvalue weighted by Crippen LogP contribution is -2.61. The van der Waals surface area contributed by atoms with Gasteiger partial charge in [-0.3, -0.25) is 0 Å². The van der Waals surface area contributed by atoms with Gasteiger partial charge in [0, 0.05) is 0 Å². The monoisotopic (exact) mass is 524 g/mol. The van der Waals surface area contributed by atoms with Crippen molar-refractivity contribution in [1.29, 1.82) is 0 Å². The minimum Gasteiger partial charge on any atom is -0.508 e. The molecule has 2 heterocycles. The van der Waals surface area contributed by atoms with Crippen LogP contribution in [0.4, 0.5) is 0 Å². The quantitative estimate of drug-likeness (QED) is 0.177. The Hall–Kier alpha value is -3.04. The van der Waals surface area contributed by atoms with Crippen molar-refractivity contribution in [3.8, 4) is 5.75 Å². The molecule has 13 heteroatoms. The number of aliphatic hydroxyl groups excluding tert-OH is 4. The minimum atomic E-state index is -1.90. The summed E-state index contributed by atoms with van der Waals surface area (Å²) in [5.74, 6) is -2.76. The molecule has 1 fully saturated rings. The van der Waals surface area contributed by atoms with Gasteiger partial charge in [0.15, 0.2) is 6.29 Å². The van der Waals surface area contributed by atoms with Crippen molar-refractivity contribution in [2.24, 2.45) is 5.92 Å². The number of aliphatic hydroxyl groups is 5. The van der Waals surface area contributed by atoms with Crippen LogP contribution >= 0.6 is 0 Å². The lowest BCUT2D eigenvalue weighted by atomic mass is 9.79. The number of carbonyl (C=O) groups is 2. The SMILES string of the molecule is COC(=O)C1=CO[C@@H](O[C@H]2O[C@@H](CO)[C@H](O)[C@@H](O)[C@@H]2O)[C@@H]2C(COC(=O)c3ccc(O)cc3)=CC[C@]12O. The smallest absolute Gasteiger partial charge is 0.339 e. The third-order valence-electron chi connectivity index (χ3n) is 6.64. The minimum absolute atomic E-state index is 0.0326. The van der Waals surface area contributed by atoms with Gasteiger partial charge in [-0.1, -0.05) is 6.08 Å². The van der Waals surface area contributed by atoms with Crippen LogP contribution in [0.5, 0.6) is 5.75 Å². The highest BCUT2D eigenvalue weighted by molar-refractivity contribution is 5.91. The van der Waals surface area contributed by atoms with Crippen molar-refractivity contribution in [2.75, 3.05) is 20.3 Å². The Morgan fingerprint density at radius 2 is 1.76 bits per heavy atom. The molecule has 0 spiro atoms. The first-order valence-electron chi connectivity index (χ1n) is 11.4. The molecule has 13 nitrogen and oxygen atoms in total. The van der Waals surface area contributed by atoms with E-state index < -0.39 is 67.1 Å². The fourth-order valence-electron chi connectivity index (χ4n) is 4.58. The standard InChI is InChI=1S/C24H28O13/c1-33-21(31)14-10-35-22(37-23-19(29)18(28)17(27)15(8-25)36-23)16-12(6-7-24(14,16)32)9-34-20(30)11-2-4-13(26)5-3-11/h2-6,10,15-19,22-23,25-29,32H,7-9H2,1H3/t15-,16-,17-,18+,19-,22-,23+,24-/m0/s1. The van der Waals surface area contributed by atoms with E-state index >= 15 is 0 Å². The van der Waals surface area contributed by atoms with Gasteiger partial charge in [-0.2, -0.15) is 0 Å². The van der Waals surface area contributed by atoms with E-state index in [0.29, 0.717) is 5.57 Å². The Bertz CT molecular complexity index is 1060. The molecule has 0 saturated carbocycles. The number of carbonyl (C=O) groups excluding carboxylic acids is 2. The number of benzene rings is 1. The van der Waals surface area contributed by atoms with E-state index in [1.165, 1.54) is 24.3 Å². The normalized spacial score (nSPS) is 35.0. The molecule has 3 aliphatic rings. The summed E-state index contributed by atoms with van der Waals surface area (Å²) in [6, 6.07) is 5.36. The number of phenols is 1. The number of hydrogen-bond donors (Lipinski definition) is 6. The van der Waals surface area contributed by atoms with Crippen LogP contribution < -0.4 is 0 Å². The van der Waals surface area contributed by atoms with Gasteiger partial charge in [0.1, 0.15) is 47.9 Å². The number of aromatic hydroxyl groups is 1. The molecule has 37 heavy (non-hydrogen) atoms. The molecule has 8 atom stereocenters. The summed E-state index contributed by atoms with van der Waals surface area (Å²) in [5, 5.41) is 60.8. The Kier molecular flexibility index (Phi) is 7.85. The van der Waals surface area contributed by atoms with E-state index in [4.69, 9.17) is 23.7 Å². The zero-order valence-corrected chi connectivity index (χ0v) is 19.7. The van der Waals surface area contributed by atoms with Crippen molar-refractivity contribution in [2.45, 2.75) is 49.0 Å². The first-order chi connectivity index (χ1) is 17.6. The second-order valence-electron chi connectivity index (χ2n) is 8.87. The van der Waals surface area contributed by atoms with Crippen LogP contribution in [0.2, 0.25) is 0 Å². The van der Waals surface area contributed by atoms with Crippen LogP contribution in [0.3, 0.4) is 0 Å². The maximum Gasteiger partial charge on any atom is 0.339 e. The summed E-state index contributed by atoms with van der Waals surface area (Å²) in [6.07, 6.45) is -6.94. The molecule has 1 aromatic rings. The summed E-state index contributed by atoms with van der Waals surface area (Å²) < 4.78 is 26.8. The number of rotatable bonds is 7. The predicted molar refractivity (Wildman–Crippen MR) is 119 cm³/mol. The molecule has 1 saturated heterocycles. The van der Waals surface area contributed by atoms with Crippen LogP contribution in [0, 0.1) is 5.92 Å². The fraction of sp³-hybridized carbons (Fsp3) is 0.500. The number of phenolic OH excluding ortho intramolecular Hbond substituents is 1. The molecular formula is C24H28O13. The zero-order chi connectivity index (χ0) is 26.9. The average Bonchev–Trinajstić information content (AvgIpc) is 3.24. The van der Waals surface area contributed by atoms with Gasteiger partial charge in [-0.05, 0) is 36.3 Å². The van der Waals surface area contributed by atoms with Gasteiger partial charge in [-0.15, -0.1) is 0 Å². The first kappa shape index (κ1) is 27.0. The number of methoxy groups -OCH3 is 1. The fourth-order valence-corrected chi connectivity index (χ4v) is 4.58. The number of hydrogen-bond acceptors (Lipinski definition) is 13. The summed E-state index contributed by atoms with van der Waals surface area (Å²) in [5.41, 5.74) is -1.64. The summed E-state index contributed by atoms with van der Waals surface area (Å²) in [4.78, 5) is 24.8. The van der Waals surface area contributed by atoms with Crippen LogP contribution in [-0.2, 0) is 28.5 Å². The van der Waals surface area contributed by atoms with E-state index in [9.17, 15) is 40.2 Å². The molecule has 1 aromatic carbocycles. The summed E-state index contributed by atoms with van der Waals surface area (Å²) in [6.45, 7) is -1.02. The van der Waals surface area contributed by atoms with Gasteiger partial charge >= 0.3 is 11.9 Å². The highest BCUT2D eigenvalue weighted by atomic mass is 16.8. The third-order valence-corrected chi connectivity index (χ3v) is 6.64.